The third-order valence-electron chi connectivity index (χ3n) is 1.69. The van der Waals surface area contributed by atoms with E-state index in [2.05, 4.69) is 40.0 Å². The van der Waals surface area contributed by atoms with E-state index in [0.29, 0.717) is 19.5 Å². The molecule has 1 aromatic rings. The van der Waals surface area contributed by atoms with E-state index in [9.17, 15) is 4.79 Å². The fourth-order valence-electron chi connectivity index (χ4n) is 1.03. The second-order valence-corrected chi connectivity index (χ2v) is 5.91. The molecule has 3 N–H and O–H groups in total. The van der Waals surface area contributed by atoms with E-state index in [1.54, 1.807) is 11.3 Å². The fraction of sp³-hybridized carbons (Fsp3) is 0.444. The first-order chi connectivity index (χ1) is 6.72. The molecule has 0 unspecified atom stereocenters. The third kappa shape index (κ3) is 4.39. The van der Waals surface area contributed by atoms with Crippen LogP contribution in [0.5, 0.6) is 0 Å². The first-order valence-corrected chi connectivity index (χ1v) is 6.33. The van der Waals surface area contributed by atoms with Crippen LogP contribution in [0, 0.1) is 2.88 Å². The molecule has 0 aliphatic heterocycles. The molecule has 0 spiro atoms. The minimum atomic E-state index is 0.0405. The molecule has 1 amide bonds. The Morgan fingerprint density at radius 3 is 2.93 bits per heavy atom. The Labute approximate surface area is 101 Å². The van der Waals surface area contributed by atoms with Gasteiger partial charge in [0.05, 0.1) is 2.88 Å². The van der Waals surface area contributed by atoms with Gasteiger partial charge in [-0.15, -0.1) is 11.3 Å². The highest BCUT2D eigenvalue weighted by atomic mass is 127. The van der Waals surface area contributed by atoms with E-state index in [-0.39, 0.29) is 5.91 Å². The Bertz CT molecular complexity index is 301. The normalized spacial score (nSPS) is 10.1. The molecule has 0 saturated carbocycles. The van der Waals surface area contributed by atoms with Crippen molar-refractivity contribution in [1.82, 2.24) is 5.32 Å². The minimum Gasteiger partial charge on any atom is -0.356 e. The highest BCUT2D eigenvalue weighted by molar-refractivity contribution is 14.1. The minimum absolute atomic E-state index is 0.0405. The maximum absolute atomic E-state index is 11.0. The summed E-state index contributed by atoms with van der Waals surface area (Å²) in [6, 6.07) is 4.18. The lowest BCUT2D eigenvalue weighted by atomic mass is 10.3. The summed E-state index contributed by atoms with van der Waals surface area (Å²) >= 11 is 4.06. The number of carbonyl (C=O) groups excluding carboxylic acids is 1. The van der Waals surface area contributed by atoms with Gasteiger partial charge in [0, 0.05) is 24.4 Å². The first-order valence-electron chi connectivity index (χ1n) is 4.43. The highest BCUT2D eigenvalue weighted by Crippen LogP contribution is 2.18. The maximum Gasteiger partial charge on any atom is 0.221 e. The molecule has 1 heterocycles. The largest absolute Gasteiger partial charge is 0.356 e. The van der Waals surface area contributed by atoms with Gasteiger partial charge in [0.2, 0.25) is 5.91 Å². The molecule has 0 radical (unpaired) electrons. The second-order valence-electron chi connectivity index (χ2n) is 2.84. The Morgan fingerprint density at radius 1 is 1.57 bits per heavy atom. The zero-order valence-electron chi connectivity index (χ0n) is 7.75. The van der Waals surface area contributed by atoms with Crippen molar-refractivity contribution in [3.05, 3.63) is 19.9 Å². The Morgan fingerprint density at radius 2 is 2.36 bits per heavy atom. The standard InChI is InChI=1S/C9H13IN2OS/c10-8-2-1-7(14-8)4-6-12-9(13)3-5-11/h1-2H,3-6,11H2,(H,12,13). The Hall–Kier alpha value is -0.140. The summed E-state index contributed by atoms with van der Waals surface area (Å²) in [6.07, 6.45) is 1.33. The topological polar surface area (TPSA) is 55.1 Å². The van der Waals surface area contributed by atoms with E-state index in [4.69, 9.17) is 5.73 Å². The van der Waals surface area contributed by atoms with E-state index < -0.39 is 0 Å². The van der Waals surface area contributed by atoms with Crippen molar-refractivity contribution in [3.8, 4) is 0 Å². The third-order valence-corrected chi connectivity index (χ3v) is 3.65. The number of rotatable bonds is 5. The van der Waals surface area contributed by atoms with Crippen LogP contribution in [-0.2, 0) is 11.2 Å². The van der Waals surface area contributed by atoms with Crippen LogP contribution in [0.3, 0.4) is 0 Å². The molecule has 78 valence electrons. The molecule has 0 bridgehead atoms. The van der Waals surface area contributed by atoms with Gasteiger partial charge in [-0.25, -0.2) is 0 Å². The lowest BCUT2D eigenvalue weighted by Crippen LogP contribution is -2.27. The lowest BCUT2D eigenvalue weighted by Gasteiger charge is -2.01. The van der Waals surface area contributed by atoms with E-state index in [0.717, 1.165) is 6.42 Å². The van der Waals surface area contributed by atoms with Crippen molar-refractivity contribution in [3.63, 3.8) is 0 Å². The number of halogens is 1. The van der Waals surface area contributed by atoms with Gasteiger partial charge in [-0.3, -0.25) is 4.79 Å². The molecule has 1 aromatic heterocycles. The van der Waals surface area contributed by atoms with Crippen molar-refractivity contribution in [1.29, 1.82) is 0 Å². The molecular formula is C9H13IN2OS. The van der Waals surface area contributed by atoms with Crippen LogP contribution >= 0.6 is 33.9 Å². The van der Waals surface area contributed by atoms with Crippen LogP contribution < -0.4 is 11.1 Å². The quantitative estimate of drug-likeness (QED) is 0.804. The molecule has 5 heteroatoms. The average Bonchev–Trinajstić information content (AvgIpc) is 2.52. The van der Waals surface area contributed by atoms with Crippen LogP contribution in [-0.4, -0.2) is 19.0 Å². The van der Waals surface area contributed by atoms with Crippen LogP contribution in [0.15, 0.2) is 12.1 Å². The summed E-state index contributed by atoms with van der Waals surface area (Å²) in [5.74, 6) is 0.0405. The van der Waals surface area contributed by atoms with Gasteiger partial charge in [-0.2, -0.15) is 0 Å². The summed E-state index contributed by atoms with van der Waals surface area (Å²) < 4.78 is 1.28. The van der Waals surface area contributed by atoms with E-state index >= 15 is 0 Å². The predicted molar refractivity (Wildman–Crippen MR) is 67.4 cm³/mol. The zero-order valence-corrected chi connectivity index (χ0v) is 10.7. The zero-order chi connectivity index (χ0) is 10.4. The van der Waals surface area contributed by atoms with Gasteiger partial charge in [-0.1, -0.05) is 0 Å². The Balaban J connectivity index is 2.18. The maximum atomic E-state index is 11.0. The number of hydrogen-bond acceptors (Lipinski definition) is 3. The Kier molecular flexibility index (Phi) is 5.42. The molecule has 3 nitrogen and oxygen atoms in total. The van der Waals surface area contributed by atoms with Crippen LogP contribution in [0.4, 0.5) is 0 Å². The van der Waals surface area contributed by atoms with Crippen molar-refractivity contribution >= 4 is 39.8 Å². The molecule has 0 aliphatic rings. The number of thiophene rings is 1. The molecule has 0 saturated heterocycles. The lowest BCUT2D eigenvalue weighted by molar-refractivity contribution is -0.120. The summed E-state index contributed by atoms with van der Waals surface area (Å²) in [6.45, 7) is 1.12. The van der Waals surface area contributed by atoms with Crippen LogP contribution in [0.2, 0.25) is 0 Å². The highest BCUT2D eigenvalue weighted by Gasteiger charge is 2.00. The molecule has 0 aliphatic carbocycles. The van der Waals surface area contributed by atoms with Gasteiger partial charge < -0.3 is 11.1 Å². The molecular weight excluding hydrogens is 311 g/mol. The smallest absolute Gasteiger partial charge is 0.221 e. The summed E-state index contributed by atoms with van der Waals surface area (Å²) in [5.41, 5.74) is 5.26. The van der Waals surface area contributed by atoms with Crippen molar-refractivity contribution < 1.29 is 4.79 Å². The van der Waals surface area contributed by atoms with Crippen molar-refractivity contribution in [2.45, 2.75) is 12.8 Å². The van der Waals surface area contributed by atoms with E-state index in [1.165, 1.54) is 7.76 Å². The van der Waals surface area contributed by atoms with Gasteiger partial charge in [-0.05, 0) is 41.1 Å². The number of nitrogens with one attached hydrogen (secondary N) is 1. The monoisotopic (exact) mass is 324 g/mol. The van der Waals surface area contributed by atoms with Crippen LogP contribution in [0.25, 0.3) is 0 Å². The molecule has 1 rings (SSSR count). The summed E-state index contributed by atoms with van der Waals surface area (Å²) in [4.78, 5) is 12.4. The number of amides is 1. The predicted octanol–water partition coefficient (Wildman–Crippen LogP) is 1.36. The number of carbonyl (C=O) groups is 1. The first kappa shape index (κ1) is 11.9. The van der Waals surface area contributed by atoms with Gasteiger partial charge in [0.1, 0.15) is 0 Å². The van der Waals surface area contributed by atoms with Crippen molar-refractivity contribution in [2.24, 2.45) is 5.73 Å². The second kappa shape index (κ2) is 6.36. The summed E-state index contributed by atoms with van der Waals surface area (Å²) in [7, 11) is 0. The summed E-state index contributed by atoms with van der Waals surface area (Å²) in [5, 5.41) is 2.83. The van der Waals surface area contributed by atoms with Gasteiger partial charge in [0.25, 0.3) is 0 Å². The molecule has 0 aromatic carbocycles. The number of nitrogens with two attached hydrogens (primary N) is 1. The molecule has 0 fully saturated rings. The molecule has 14 heavy (non-hydrogen) atoms. The SMILES string of the molecule is NCCC(=O)NCCc1ccc(I)s1. The van der Waals surface area contributed by atoms with Crippen LogP contribution in [0.1, 0.15) is 11.3 Å². The fourth-order valence-corrected chi connectivity index (χ4v) is 2.79. The number of hydrogen-bond donors (Lipinski definition) is 2. The molecule has 0 atom stereocenters. The van der Waals surface area contributed by atoms with Crippen molar-refractivity contribution in [2.75, 3.05) is 13.1 Å². The van der Waals surface area contributed by atoms with E-state index in [1.807, 2.05) is 0 Å². The van der Waals surface area contributed by atoms with Gasteiger partial charge in [0.15, 0.2) is 0 Å². The average molecular weight is 324 g/mol. The van der Waals surface area contributed by atoms with Gasteiger partial charge >= 0.3 is 0 Å².